The molecule has 64 valence electrons. The lowest BCUT2D eigenvalue weighted by Crippen LogP contribution is -2.40. The van der Waals surface area contributed by atoms with Crippen molar-refractivity contribution in [3.63, 3.8) is 0 Å². The molecule has 0 aliphatic carbocycles. The second kappa shape index (κ2) is 4.81. The monoisotopic (exact) mass is 159 g/mol. The SMILES string of the molecule is CC(=O)CNCC(=O)N(C)N. The molecule has 5 heteroatoms. The smallest absolute Gasteiger partial charge is 0.250 e. The van der Waals surface area contributed by atoms with E-state index in [1.807, 2.05) is 0 Å². The molecule has 0 atom stereocenters. The molecule has 11 heavy (non-hydrogen) atoms. The second-order valence-corrected chi connectivity index (χ2v) is 2.31. The van der Waals surface area contributed by atoms with Crippen LogP contribution in [-0.2, 0) is 9.59 Å². The first-order valence-corrected chi connectivity index (χ1v) is 3.25. The summed E-state index contributed by atoms with van der Waals surface area (Å²) in [6.07, 6.45) is 0. The van der Waals surface area contributed by atoms with Gasteiger partial charge in [-0.05, 0) is 6.92 Å². The van der Waals surface area contributed by atoms with Crippen molar-refractivity contribution in [2.24, 2.45) is 5.84 Å². The highest BCUT2D eigenvalue weighted by molar-refractivity contribution is 5.80. The summed E-state index contributed by atoms with van der Waals surface area (Å²) in [6, 6.07) is 0. The van der Waals surface area contributed by atoms with Gasteiger partial charge >= 0.3 is 0 Å². The summed E-state index contributed by atoms with van der Waals surface area (Å²) in [5, 5.41) is 3.62. The van der Waals surface area contributed by atoms with Crippen molar-refractivity contribution in [2.45, 2.75) is 6.92 Å². The molecule has 0 rings (SSSR count). The third-order valence-electron chi connectivity index (χ3n) is 1.04. The molecule has 0 saturated heterocycles. The highest BCUT2D eigenvalue weighted by Gasteiger charge is 2.02. The normalized spacial score (nSPS) is 9.36. The first-order chi connectivity index (χ1) is 5.04. The van der Waals surface area contributed by atoms with E-state index in [1.54, 1.807) is 0 Å². The van der Waals surface area contributed by atoms with Crippen LogP contribution in [0.2, 0.25) is 0 Å². The van der Waals surface area contributed by atoms with Gasteiger partial charge in [-0.1, -0.05) is 0 Å². The van der Waals surface area contributed by atoms with E-state index in [0.717, 1.165) is 5.01 Å². The minimum Gasteiger partial charge on any atom is -0.301 e. The fraction of sp³-hybridized carbons (Fsp3) is 0.667. The van der Waals surface area contributed by atoms with Crippen molar-refractivity contribution < 1.29 is 9.59 Å². The number of amides is 1. The number of Topliss-reactive ketones (excluding diaryl/α,β-unsaturated/α-hetero) is 1. The zero-order chi connectivity index (χ0) is 8.85. The van der Waals surface area contributed by atoms with Gasteiger partial charge in [0.05, 0.1) is 13.1 Å². The molecule has 0 aromatic rings. The van der Waals surface area contributed by atoms with Crippen LogP contribution in [0.3, 0.4) is 0 Å². The van der Waals surface area contributed by atoms with Crippen LogP contribution in [0.5, 0.6) is 0 Å². The Hall–Kier alpha value is -0.940. The van der Waals surface area contributed by atoms with Gasteiger partial charge in [0.1, 0.15) is 5.78 Å². The Balaban J connectivity index is 3.39. The summed E-state index contributed by atoms with van der Waals surface area (Å²) in [4.78, 5) is 21.1. The Kier molecular flexibility index (Phi) is 4.40. The molecule has 5 nitrogen and oxygen atoms in total. The Labute approximate surface area is 65.5 Å². The molecule has 0 aromatic carbocycles. The second-order valence-electron chi connectivity index (χ2n) is 2.31. The van der Waals surface area contributed by atoms with Crippen LogP contribution in [0.15, 0.2) is 0 Å². The van der Waals surface area contributed by atoms with Gasteiger partial charge < -0.3 is 5.32 Å². The third kappa shape index (κ3) is 5.50. The van der Waals surface area contributed by atoms with Gasteiger partial charge in [-0.25, -0.2) is 5.84 Å². The molecule has 0 aliphatic heterocycles. The van der Waals surface area contributed by atoms with E-state index in [2.05, 4.69) is 5.32 Å². The molecule has 0 heterocycles. The number of hydrogen-bond donors (Lipinski definition) is 2. The maximum Gasteiger partial charge on any atom is 0.250 e. The van der Waals surface area contributed by atoms with E-state index in [1.165, 1.54) is 14.0 Å². The van der Waals surface area contributed by atoms with Gasteiger partial charge in [-0.3, -0.25) is 14.6 Å². The molecule has 0 aliphatic rings. The van der Waals surface area contributed by atoms with Crippen molar-refractivity contribution in [3.05, 3.63) is 0 Å². The molecule has 0 spiro atoms. The van der Waals surface area contributed by atoms with Crippen molar-refractivity contribution in [2.75, 3.05) is 20.1 Å². The Morgan fingerprint density at radius 2 is 2.00 bits per heavy atom. The summed E-state index contributed by atoms with van der Waals surface area (Å²) in [7, 11) is 1.46. The Morgan fingerprint density at radius 3 is 2.36 bits per heavy atom. The molecule has 0 radical (unpaired) electrons. The lowest BCUT2D eigenvalue weighted by Gasteiger charge is -2.09. The van der Waals surface area contributed by atoms with Crippen molar-refractivity contribution in [1.29, 1.82) is 0 Å². The molecular weight excluding hydrogens is 146 g/mol. The van der Waals surface area contributed by atoms with E-state index in [0.29, 0.717) is 0 Å². The number of hydrogen-bond acceptors (Lipinski definition) is 4. The number of nitrogens with zero attached hydrogens (tertiary/aromatic N) is 1. The average Bonchev–Trinajstić information content (AvgIpc) is 1.86. The van der Waals surface area contributed by atoms with Gasteiger partial charge in [0.15, 0.2) is 0 Å². The number of nitrogens with two attached hydrogens (primary N) is 1. The van der Waals surface area contributed by atoms with Crippen LogP contribution in [0.25, 0.3) is 0 Å². The largest absolute Gasteiger partial charge is 0.301 e. The molecule has 3 N–H and O–H groups in total. The standard InChI is InChI=1S/C6H13N3O2/c1-5(10)3-8-4-6(11)9(2)7/h8H,3-4,7H2,1-2H3. The highest BCUT2D eigenvalue weighted by Crippen LogP contribution is 1.71. The van der Waals surface area contributed by atoms with Gasteiger partial charge in [0, 0.05) is 7.05 Å². The third-order valence-corrected chi connectivity index (χ3v) is 1.04. The van der Waals surface area contributed by atoms with Gasteiger partial charge in [-0.15, -0.1) is 0 Å². The number of rotatable bonds is 4. The number of nitrogens with one attached hydrogen (secondary N) is 1. The highest BCUT2D eigenvalue weighted by atomic mass is 16.2. The summed E-state index contributed by atoms with van der Waals surface area (Å²) < 4.78 is 0. The Morgan fingerprint density at radius 1 is 1.45 bits per heavy atom. The minimum absolute atomic E-state index is 0.00234. The van der Waals surface area contributed by atoms with Crippen LogP contribution >= 0.6 is 0 Å². The number of hydrazine groups is 1. The number of carbonyl (C=O) groups is 2. The molecule has 0 aromatic heterocycles. The summed E-state index contributed by atoms with van der Waals surface area (Å²) >= 11 is 0. The van der Waals surface area contributed by atoms with E-state index in [-0.39, 0.29) is 24.8 Å². The zero-order valence-corrected chi connectivity index (χ0v) is 6.76. The number of ketones is 1. The Bertz CT molecular complexity index is 156. The van der Waals surface area contributed by atoms with Gasteiger partial charge in [0.25, 0.3) is 0 Å². The van der Waals surface area contributed by atoms with Crippen LogP contribution in [-0.4, -0.2) is 36.8 Å². The molecule has 0 fully saturated rings. The first-order valence-electron chi connectivity index (χ1n) is 3.25. The minimum atomic E-state index is -0.244. The molecule has 0 unspecified atom stereocenters. The quantitative estimate of drug-likeness (QED) is 0.297. The summed E-state index contributed by atoms with van der Waals surface area (Å²) in [5.41, 5.74) is 0. The molecular formula is C6H13N3O2. The van der Waals surface area contributed by atoms with Crippen molar-refractivity contribution in [1.82, 2.24) is 10.3 Å². The van der Waals surface area contributed by atoms with Crippen LogP contribution in [0, 0.1) is 0 Å². The van der Waals surface area contributed by atoms with Crippen LogP contribution in [0.4, 0.5) is 0 Å². The molecule has 0 saturated carbocycles. The van der Waals surface area contributed by atoms with E-state index >= 15 is 0 Å². The lowest BCUT2D eigenvalue weighted by molar-refractivity contribution is -0.129. The zero-order valence-electron chi connectivity index (χ0n) is 6.76. The average molecular weight is 159 g/mol. The first kappa shape index (κ1) is 10.1. The molecule has 1 amide bonds. The number of likely N-dealkylation sites (N-methyl/N-ethyl adjacent to an activating group) is 1. The lowest BCUT2D eigenvalue weighted by atomic mass is 10.4. The van der Waals surface area contributed by atoms with Crippen molar-refractivity contribution in [3.8, 4) is 0 Å². The summed E-state index contributed by atoms with van der Waals surface area (Å²) in [5.74, 6) is 4.87. The topological polar surface area (TPSA) is 75.4 Å². The predicted molar refractivity (Wildman–Crippen MR) is 40.5 cm³/mol. The predicted octanol–water partition coefficient (Wildman–Crippen LogP) is -1.50. The van der Waals surface area contributed by atoms with Crippen LogP contribution < -0.4 is 11.2 Å². The van der Waals surface area contributed by atoms with E-state index < -0.39 is 0 Å². The molecule has 0 bridgehead atoms. The van der Waals surface area contributed by atoms with Gasteiger partial charge in [-0.2, -0.15) is 0 Å². The fourth-order valence-corrected chi connectivity index (χ4v) is 0.470. The summed E-state index contributed by atoms with van der Waals surface area (Å²) in [6.45, 7) is 1.76. The van der Waals surface area contributed by atoms with E-state index in [4.69, 9.17) is 5.84 Å². The maximum absolute atomic E-state index is 10.8. The van der Waals surface area contributed by atoms with E-state index in [9.17, 15) is 9.59 Å². The number of carbonyl (C=O) groups excluding carboxylic acids is 2. The maximum atomic E-state index is 10.8. The fourth-order valence-electron chi connectivity index (χ4n) is 0.470. The van der Waals surface area contributed by atoms with Gasteiger partial charge in [0.2, 0.25) is 5.91 Å². The van der Waals surface area contributed by atoms with Crippen molar-refractivity contribution >= 4 is 11.7 Å². The van der Waals surface area contributed by atoms with Crippen LogP contribution in [0.1, 0.15) is 6.92 Å².